The van der Waals surface area contributed by atoms with Crippen molar-refractivity contribution in [1.82, 2.24) is 4.90 Å². The zero-order chi connectivity index (χ0) is 14.9. The number of benzene rings is 1. The number of aryl methyl sites for hydroxylation is 2. The summed E-state index contributed by atoms with van der Waals surface area (Å²) in [6, 6.07) is 5.85. The summed E-state index contributed by atoms with van der Waals surface area (Å²) in [6.45, 7) is 6.67. The van der Waals surface area contributed by atoms with Crippen LogP contribution in [0.1, 0.15) is 41.3 Å². The molecule has 1 aliphatic rings. The van der Waals surface area contributed by atoms with Crippen LogP contribution in [-0.4, -0.2) is 35.0 Å². The number of carbonyl (C=O) groups excluding carboxylic acids is 1. The van der Waals surface area contributed by atoms with Crippen LogP contribution in [0.4, 0.5) is 0 Å². The van der Waals surface area contributed by atoms with Crippen LogP contribution >= 0.6 is 0 Å². The number of rotatable bonds is 2. The average Bonchev–Trinajstić information content (AvgIpc) is 2.41. The molecule has 1 aliphatic heterocycles. The lowest BCUT2D eigenvalue weighted by Gasteiger charge is -2.36. The Bertz CT molecular complexity index is 543. The van der Waals surface area contributed by atoms with Crippen LogP contribution in [0.15, 0.2) is 18.2 Å². The fourth-order valence-corrected chi connectivity index (χ4v) is 2.55. The van der Waals surface area contributed by atoms with Crippen molar-refractivity contribution in [3.63, 3.8) is 0 Å². The van der Waals surface area contributed by atoms with Crippen molar-refractivity contribution in [2.75, 3.05) is 13.1 Å². The van der Waals surface area contributed by atoms with Gasteiger partial charge in [0.1, 0.15) is 0 Å². The van der Waals surface area contributed by atoms with Crippen LogP contribution < -0.4 is 0 Å². The van der Waals surface area contributed by atoms with Crippen LogP contribution in [0.2, 0.25) is 0 Å². The molecule has 0 saturated carbocycles. The van der Waals surface area contributed by atoms with Crippen LogP contribution in [0.5, 0.6) is 0 Å². The van der Waals surface area contributed by atoms with Crippen molar-refractivity contribution in [1.29, 1.82) is 0 Å². The van der Waals surface area contributed by atoms with Crippen molar-refractivity contribution < 1.29 is 14.7 Å². The van der Waals surface area contributed by atoms with Gasteiger partial charge in [-0.1, -0.05) is 17.7 Å². The predicted octanol–water partition coefficient (Wildman–Crippen LogP) is 2.63. The number of amides is 1. The highest BCUT2D eigenvalue weighted by molar-refractivity contribution is 5.96. The Kier molecular flexibility index (Phi) is 3.84. The number of carboxylic acid groups (broad SMARTS) is 1. The van der Waals surface area contributed by atoms with Crippen molar-refractivity contribution in [2.24, 2.45) is 5.41 Å². The van der Waals surface area contributed by atoms with Crippen molar-refractivity contribution in [3.05, 3.63) is 34.9 Å². The number of likely N-dealkylation sites (tertiary alicyclic amines) is 1. The minimum atomic E-state index is -0.767. The number of carbonyl (C=O) groups is 2. The second-order valence-electron chi connectivity index (χ2n) is 5.98. The van der Waals surface area contributed by atoms with Gasteiger partial charge < -0.3 is 10.0 Å². The van der Waals surface area contributed by atoms with Crippen molar-refractivity contribution in [3.8, 4) is 0 Å². The van der Waals surface area contributed by atoms with E-state index in [1.807, 2.05) is 32.0 Å². The van der Waals surface area contributed by atoms with E-state index in [2.05, 4.69) is 0 Å². The van der Waals surface area contributed by atoms with Crippen LogP contribution in [0.25, 0.3) is 0 Å². The Morgan fingerprint density at radius 2 is 1.80 bits per heavy atom. The number of nitrogens with zero attached hydrogens (tertiary/aromatic N) is 1. The topological polar surface area (TPSA) is 57.6 Å². The first-order chi connectivity index (χ1) is 9.33. The van der Waals surface area contributed by atoms with Gasteiger partial charge >= 0.3 is 5.97 Å². The van der Waals surface area contributed by atoms with Crippen LogP contribution in [-0.2, 0) is 4.79 Å². The van der Waals surface area contributed by atoms with Gasteiger partial charge in [-0.15, -0.1) is 0 Å². The second-order valence-corrected chi connectivity index (χ2v) is 5.98. The van der Waals surface area contributed by atoms with Gasteiger partial charge in [-0.2, -0.15) is 0 Å². The lowest BCUT2D eigenvalue weighted by atomic mass is 9.80. The quantitative estimate of drug-likeness (QED) is 0.902. The van der Waals surface area contributed by atoms with Crippen LogP contribution in [0, 0.1) is 19.3 Å². The number of hydrogen-bond donors (Lipinski definition) is 1. The zero-order valence-corrected chi connectivity index (χ0v) is 12.3. The Morgan fingerprint density at radius 1 is 1.20 bits per heavy atom. The van der Waals surface area contributed by atoms with E-state index < -0.39 is 11.4 Å². The van der Waals surface area contributed by atoms with E-state index in [1.165, 1.54) is 0 Å². The number of hydrogen-bond acceptors (Lipinski definition) is 2. The maximum absolute atomic E-state index is 12.5. The third kappa shape index (κ3) is 2.69. The molecule has 2 rings (SSSR count). The van der Waals surface area contributed by atoms with E-state index in [9.17, 15) is 14.7 Å². The first-order valence-electron chi connectivity index (χ1n) is 6.93. The largest absolute Gasteiger partial charge is 0.481 e. The normalized spacial score (nSPS) is 17.9. The van der Waals surface area contributed by atoms with Gasteiger partial charge in [0.25, 0.3) is 5.91 Å². The third-order valence-electron chi connectivity index (χ3n) is 4.29. The molecule has 1 heterocycles. The predicted molar refractivity (Wildman–Crippen MR) is 76.8 cm³/mol. The number of piperidine rings is 1. The summed E-state index contributed by atoms with van der Waals surface area (Å²) < 4.78 is 0. The molecule has 4 nitrogen and oxygen atoms in total. The van der Waals surface area contributed by atoms with Gasteiger partial charge in [0.15, 0.2) is 0 Å². The molecule has 0 aromatic heterocycles. The fourth-order valence-electron chi connectivity index (χ4n) is 2.55. The number of carboxylic acids is 1. The molecule has 0 bridgehead atoms. The van der Waals surface area contributed by atoms with Gasteiger partial charge in [0.2, 0.25) is 0 Å². The van der Waals surface area contributed by atoms with Gasteiger partial charge in [0.05, 0.1) is 5.41 Å². The monoisotopic (exact) mass is 275 g/mol. The molecule has 0 unspecified atom stereocenters. The van der Waals surface area contributed by atoms with E-state index in [1.54, 1.807) is 11.8 Å². The lowest BCUT2D eigenvalue weighted by molar-refractivity contribution is -0.150. The Hall–Kier alpha value is -1.84. The second kappa shape index (κ2) is 5.27. The van der Waals surface area contributed by atoms with Crippen molar-refractivity contribution in [2.45, 2.75) is 33.6 Å². The van der Waals surface area contributed by atoms with Crippen LogP contribution in [0.3, 0.4) is 0 Å². The molecule has 1 fully saturated rings. The number of aliphatic carboxylic acids is 1. The van der Waals surface area contributed by atoms with E-state index in [0.29, 0.717) is 25.9 Å². The van der Waals surface area contributed by atoms with E-state index >= 15 is 0 Å². The minimum Gasteiger partial charge on any atom is -0.481 e. The molecule has 108 valence electrons. The first-order valence-corrected chi connectivity index (χ1v) is 6.93. The minimum absolute atomic E-state index is 0.0126. The summed E-state index contributed by atoms with van der Waals surface area (Å²) >= 11 is 0. The Balaban J connectivity index is 2.13. The third-order valence-corrected chi connectivity index (χ3v) is 4.29. The molecule has 4 heteroatoms. The van der Waals surface area contributed by atoms with Crippen molar-refractivity contribution >= 4 is 11.9 Å². The summed E-state index contributed by atoms with van der Waals surface area (Å²) in [5, 5.41) is 9.22. The van der Waals surface area contributed by atoms with Gasteiger partial charge in [-0.25, -0.2) is 0 Å². The molecule has 1 aromatic rings. The fraction of sp³-hybridized carbons (Fsp3) is 0.500. The average molecular weight is 275 g/mol. The molecule has 1 amide bonds. The molecule has 1 N–H and O–H groups in total. The summed E-state index contributed by atoms with van der Waals surface area (Å²) in [7, 11) is 0. The van der Waals surface area contributed by atoms with Gasteiger partial charge in [0, 0.05) is 18.7 Å². The Morgan fingerprint density at radius 3 is 2.35 bits per heavy atom. The maximum Gasteiger partial charge on any atom is 0.309 e. The highest BCUT2D eigenvalue weighted by Gasteiger charge is 2.38. The molecular formula is C16H21NO3. The molecular weight excluding hydrogens is 254 g/mol. The van der Waals surface area contributed by atoms with Gasteiger partial charge in [-0.05, 0) is 45.2 Å². The summed E-state index contributed by atoms with van der Waals surface area (Å²) in [4.78, 5) is 25.5. The standard InChI is InChI=1S/C16H21NO3/c1-11-4-5-12(2)13(10-11)14(18)17-8-6-16(3,7-9-17)15(19)20/h4-5,10H,6-9H2,1-3H3,(H,19,20). The molecule has 0 radical (unpaired) electrons. The summed E-state index contributed by atoms with van der Waals surface area (Å²) in [5.74, 6) is -0.755. The highest BCUT2D eigenvalue weighted by Crippen LogP contribution is 2.31. The molecule has 1 aromatic carbocycles. The van der Waals surface area contributed by atoms with E-state index in [-0.39, 0.29) is 5.91 Å². The Labute approximate surface area is 119 Å². The molecule has 0 aliphatic carbocycles. The summed E-state index contributed by atoms with van der Waals surface area (Å²) in [6.07, 6.45) is 1.03. The molecule has 1 saturated heterocycles. The highest BCUT2D eigenvalue weighted by atomic mass is 16.4. The molecule has 0 spiro atoms. The maximum atomic E-state index is 12.5. The zero-order valence-electron chi connectivity index (χ0n) is 12.3. The van der Waals surface area contributed by atoms with E-state index in [0.717, 1.165) is 16.7 Å². The van der Waals surface area contributed by atoms with Gasteiger partial charge in [-0.3, -0.25) is 9.59 Å². The summed E-state index contributed by atoms with van der Waals surface area (Å²) in [5.41, 5.74) is 2.06. The SMILES string of the molecule is Cc1ccc(C)c(C(=O)N2CCC(C)(C(=O)O)CC2)c1. The first kappa shape index (κ1) is 14.6. The van der Waals surface area contributed by atoms with E-state index in [4.69, 9.17) is 0 Å². The molecule has 20 heavy (non-hydrogen) atoms. The molecule has 0 atom stereocenters. The smallest absolute Gasteiger partial charge is 0.309 e. The lowest BCUT2D eigenvalue weighted by Crippen LogP contribution is -2.45.